The quantitative estimate of drug-likeness (QED) is 0.506. The number of carboxylic acid groups (broad SMARTS) is 1. The summed E-state index contributed by atoms with van der Waals surface area (Å²) < 4.78 is 28.7. The van der Waals surface area contributed by atoms with E-state index in [0.717, 1.165) is 22.3 Å². The molecule has 9 nitrogen and oxygen atoms in total. The summed E-state index contributed by atoms with van der Waals surface area (Å²) in [6, 6.07) is 14.4. The molecule has 1 aliphatic carbocycles. The van der Waals surface area contributed by atoms with Gasteiger partial charge in [-0.2, -0.15) is 0 Å². The molecule has 1 aliphatic heterocycles. The van der Waals surface area contributed by atoms with Crippen LogP contribution in [0.15, 0.2) is 48.5 Å². The number of benzene rings is 2. The van der Waals surface area contributed by atoms with Gasteiger partial charge in [-0.05, 0) is 41.5 Å². The second-order valence-electron chi connectivity index (χ2n) is 8.89. The van der Waals surface area contributed by atoms with Crippen molar-refractivity contribution in [1.82, 2.24) is 10.6 Å². The summed E-state index contributed by atoms with van der Waals surface area (Å²) in [4.78, 5) is 36.5. The number of alkyl carbamates (subject to hydrolysis) is 1. The standard InChI is InChI=1S/C25H28N2O7S/c28-23(29)10-9-22(24(30)26-16-11-13-35(32,33)14-12-16)27-25(31)34-15-21-19-7-3-1-5-17(19)18-6-2-4-8-20(18)21/h1-8,16,21-22H,9-15H2,(H,26,30)(H,27,31)(H,28,29). The predicted octanol–water partition coefficient (Wildman–Crippen LogP) is 2.45. The van der Waals surface area contributed by atoms with E-state index in [9.17, 15) is 22.8 Å². The van der Waals surface area contributed by atoms with E-state index >= 15 is 0 Å². The second-order valence-corrected chi connectivity index (χ2v) is 11.2. The Morgan fingerprint density at radius 3 is 2.11 bits per heavy atom. The van der Waals surface area contributed by atoms with E-state index in [1.165, 1.54) is 0 Å². The summed E-state index contributed by atoms with van der Waals surface area (Å²) in [7, 11) is -3.09. The fourth-order valence-corrected chi connectivity index (χ4v) is 6.15. The molecular formula is C25H28N2O7S. The maximum atomic E-state index is 12.8. The average Bonchev–Trinajstić information content (AvgIpc) is 3.15. The molecule has 4 rings (SSSR count). The van der Waals surface area contributed by atoms with Crippen LogP contribution in [0.1, 0.15) is 42.7 Å². The van der Waals surface area contributed by atoms with Gasteiger partial charge in [-0.3, -0.25) is 9.59 Å². The zero-order chi connectivity index (χ0) is 25.0. The van der Waals surface area contributed by atoms with Crippen molar-refractivity contribution < 1.29 is 32.6 Å². The third-order valence-corrected chi connectivity index (χ3v) is 8.22. The van der Waals surface area contributed by atoms with Gasteiger partial charge in [0.2, 0.25) is 5.91 Å². The molecule has 0 radical (unpaired) electrons. The van der Waals surface area contributed by atoms with Crippen LogP contribution in [0.3, 0.4) is 0 Å². The Bertz CT molecular complexity index is 1170. The number of sulfone groups is 1. The van der Waals surface area contributed by atoms with E-state index in [4.69, 9.17) is 9.84 Å². The Labute approximate surface area is 203 Å². The SMILES string of the molecule is O=C(O)CCC(NC(=O)OCC1c2ccccc2-c2ccccc21)C(=O)NC1CCS(=O)(=O)CC1. The third-order valence-electron chi connectivity index (χ3n) is 6.50. The predicted molar refractivity (Wildman–Crippen MR) is 129 cm³/mol. The Balaban J connectivity index is 1.38. The van der Waals surface area contributed by atoms with Crippen LogP contribution in [0.4, 0.5) is 4.79 Å². The number of aliphatic carboxylic acids is 1. The summed E-state index contributed by atoms with van der Waals surface area (Å²) >= 11 is 0. The minimum atomic E-state index is -3.09. The monoisotopic (exact) mass is 500 g/mol. The molecule has 35 heavy (non-hydrogen) atoms. The highest BCUT2D eigenvalue weighted by molar-refractivity contribution is 7.91. The zero-order valence-corrected chi connectivity index (χ0v) is 19.9. The highest BCUT2D eigenvalue weighted by atomic mass is 32.2. The summed E-state index contributed by atoms with van der Waals surface area (Å²) in [5.41, 5.74) is 4.28. The van der Waals surface area contributed by atoms with Crippen molar-refractivity contribution in [3.63, 3.8) is 0 Å². The number of hydrogen-bond acceptors (Lipinski definition) is 6. The number of carboxylic acids is 1. The molecule has 3 N–H and O–H groups in total. The van der Waals surface area contributed by atoms with Crippen LogP contribution in [0.25, 0.3) is 11.1 Å². The Kier molecular flexibility index (Phi) is 7.39. The fraction of sp³-hybridized carbons (Fsp3) is 0.400. The highest BCUT2D eigenvalue weighted by Crippen LogP contribution is 2.44. The van der Waals surface area contributed by atoms with Crippen molar-refractivity contribution in [3.05, 3.63) is 59.7 Å². The van der Waals surface area contributed by atoms with Crippen LogP contribution in [0.2, 0.25) is 0 Å². The van der Waals surface area contributed by atoms with Gasteiger partial charge in [0.1, 0.15) is 22.5 Å². The van der Waals surface area contributed by atoms with E-state index in [1.807, 2.05) is 48.5 Å². The van der Waals surface area contributed by atoms with Crippen LogP contribution >= 0.6 is 0 Å². The molecule has 1 saturated heterocycles. The first-order valence-corrected chi connectivity index (χ1v) is 13.4. The third kappa shape index (κ3) is 6.00. The van der Waals surface area contributed by atoms with Crippen molar-refractivity contribution in [2.45, 2.75) is 43.7 Å². The number of amides is 2. The first-order chi connectivity index (χ1) is 16.7. The molecule has 186 valence electrons. The zero-order valence-electron chi connectivity index (χ0n) is 19.1. The van der Waals surface area contributed by atoms with E-state index < -0.39 is 33.8 Å². The van der Waals surface area contributed by atoms with Gasteiger partial charge < -0.3 is 20.5 Å². The number of rotatable bonds is 8. The number of fused-ring (bicyclic) bond motifs is 3. The maximum absolute atomic E-state index is 12.8. The first-order valence-electron chi connectivity index (χ1n) is 11.6. The molecule has 0 aromatic heterocycles. The number of hydrogen-bond donors (Lipinski definition) is 3. The van der Waals surface area contributed by atoms with Crippen LogP contribution in [-0.2, 0) is 24.2 Å². The molecule has 1 unspecified atom stereocenters. The molecule has 0 spiro atoms. The minimum absolute atomic E-state index is 0.0163. The summed E-state index contributed by atoms with van der Waals surface area (Å²) in [5, 5.41) is 14.3. The molecule has 2 aliphatic rings. The largest absolute Gasteiger partial charge is 0.481 e. The molecule has 2 amide bonds. The number of carbonyl (C=O) groups excluding carboxylic acids is 2. The molecule has 1 heterocycles. The van der Waals surface area contributed by atoms with Crippen molar-refractivity contribution in [1.29, 1.82) is 0 Å². The molecule has 1 atom stereocenters. The topological polar surface area (TPSA) is 139 Å². The summed E-state index contributed by atoms with van der Waals surface area (Å²) in [6.45, 7) is 0.0631. The molecule has 10 heteroatoms. The molecule has 2 aromatic carbocycles. The van der Waals surface area contributed by atoms with Gasteiger partial charge in [0.15, 0.2) is 0 Å². The van der Waals surface area contributed by atoms with Gasteiger partial charge >= 0.3 is 12.1 Å². The lowest BCUT2D eigenvalue weighted by Crippen LogP contribution is -2.51. The second kappa shape index (κ2) is 10.5. The normalized spacial score (nSPS) is 17.6. The summed E-state index contributed by atoms with van der Waals surface area (Å²) in [6.07, 6.45) is -0.685. The van der Waals surface area contributed by atoms with Crippen molar-refractivity contribution in [2.75, 3.05) is 18.1 Å². The number of nitrogens with one attached hydrogen (secondary N) is 2. The van der Waals surface area contributed by atoms with Crippen LogP contribution in [0, 0.1) is 0 Å². The Morgan fingerprint density at radius 2 is 1.54 bits per heavy atom. The van der Waals surface area contributed by atoms with E-state index in [2.05, 4.69) is 10.6 Å². The van der Waals surface area contributed by atoms with E-state index in [0.29, 0.717) is 0 Å². The van der Waals surface area contributed by atoms with Crippen molar-refractivity contribution >= 4 is 27.8 Å². The van der Waals surface area contributed by atoms with Gasteiger partial charge in [-0.25, -0.2) is 13.2 Å². The van der Waals surface area contributed by atoms with Crippen LogP contribution < -0.4 is 10.6 Å². The van der Waals surface area contributed by atoms with Crippen LogP contribution in [-0.4, -0.2) is 61.7 Å². The molecule has 0 bridgehead atoms. The van der Waals surface area contributed by atoms with E-state index in [-0.39, 0.29) is 55.8 Å². The van der Waals surface area contributed by atoms with Gasteiger partial charge in [-0.1, -0.05) is 48.5 Å². The van der Waals surface area contributed by atoms with Gasteiger partial charge in [0.05, 0.1) is 11.5 Å². The number of carbonyl (C=O) groups is 3. The molecule has 1 fully saturated rings. The molecule has 2 aromatic rings. The lowest BCUT2D eigenvalue weighted by atomic mass is 9.98. The fourth-order valence-electron chi connectivity index (χ4n) is 4.66. The Morgan fingerprint density at radius 1 is 0.971 bits per heavy atom. The average molecular weight is 501 g/mol. The molecular weight excluding hydrogens is 472 g/mol. The minimum Gasteiger partial charge on any atom is -0.481 e. The van der Waals surface area contributed by atoms with Crippen molar-refractivity contribution in [2.24, 2.45) is 0 Å². The molecule has 0 saturated carbocycles. The maximum Gasteiger partial charge on any atom is 0.407 e. The van der Waals surface area contributed by atoms with Gasteiger partial charge in [0.25, 0.3) is 0 Å². The lowest BCUT2D eigenvalue weighted by Gasteiger charge is -2.26. The number of ether oxygens (including phenoxy) is 1. The van der Waals surface area contributed by atoms with Crippen molar-refractivity contribution in [3.8, 4) is 11.1 Å². The van der Waals surface area contributed by atoms with Gasteiger partial charge in [0, 0.05) is 18.4 Å². The van der Waals surface area contributed by atoms with Gasteiger partial charge in [-0.15, -0.1) is 0 Å². The van der Waals surface area contributed by atoms with E-state index in [1.54, 1.807) is 0 Å². The lowest BCUT2D eigenvalue weighted by molar-refractivity contribution is -0.137. The first kappa shape index (κ1) is 24.7. The highest BCUT2D eigenvalue weighted by Gasteiger charge is 2.31. The summed E-state index contributed by atoms with van der Waals surface area (Å²) in [5.74, 6) is -1.83. The van der Waals surface area contributed by atoms with Crippen LogP contribution in [0.5, 0.6) is 0 Å². The Hall–Kier alpha value is -3.40. The smallest absolute Gasteiger partial charge is 0.407 e.